The molecule has 4 aromatic rings. The molecule has 9 nitrogen and oxygen atoms in total. The Bertz CT molecular complexity index is 1310. The van der Waals surface area contributed by atoms with Crippen LogP contribution in [0.2, 0.25) is 0 Å². The molecule has 0 unspecified atom stereocenters. The van der Waals surface area contributed by atoms with E-state index in [2.05, 4.69) is 54.6 Å². The van der Waals surface area contributed by atoms with Gasteiger partial charge in [-0.1, -0.05) is 17.8 Å². The predicted molar refractivity (Wildman–Crippen MR) is 129 cm³/mol. The van der Waals surface area contributed by atoms with Crippen molar-refractivity contribution in [3.05, 3.63) is 53.0 Å². The Morgan fingerprint density at radius 3 is 2.79 bits per heavy atom. The number of imidazole rings is 1. The molecule has 33 heavy (non-hydrogen) atoms. The standard InChI is InChI=1S/C22H22BrN7O2S/c1-22(2,17-5-3-4-6-25-17)28-7-8-30-20-18(19(24)26-11-27-20)29-21(30)33-16-10-15-14(9-13(16)23)31-12-32-15/h3-6,9-11,28H,7-8,12H2,1-2H3,(H2,24,26,27). The van der Waals surface area contributed by atoms with E-state index in [0.29, 0.717) is 35.8 Å². The highest BCUT2D eigenvalue weighted by Gasteiger charge is 2.23. The quantitative estimate of drug-likeness (QED) is 0.368. The summed E-state index contributed by atoms with van der Waals surface area (Å²) in [6.45, 7) is 5.75. The Labute approximate surface area is 203 Å². The number of nitrogens with zero attached hydrogens (tertiary/aromatic N) is 5. The van der Waals surface area contributed by atoms with Gasteiger partial charge in [-0.2, -0.15) is 0 Å². The maximum atomic E-state index is 6.10. The number of rotatable bonds is 7. The average molecular weight is 528 g/mol. The van der Waals surface area contributed by atoms with Crippen molar-refractivity contribution < 1.29 is 9.47 Å². The van der Waals surface area contributed by atoms with Crippen molar-refractivity contribution in [3.8, 4) is 11.5 Å². The highest BCUT2D eigenvalue weighted by Crippen LogP contribution is 2.43. The predicted octanol–water partition coefficient (Wildman–Crippen LogP) is 3.97. The molecule has 0 bridgehead atoms. The second-order valence-corrected chi connectivity index (χ2v) is 9.85. The third kappa shape index (κ3) is 4.35. The number of pyridine rings is 1. The van der Waals surface area contributed by atoms with E-state index in [9.17, 15) is 0 Å². The summed E-state index contributed by atoms with van der Waals surface area (Å²) in [6, 6.07) is 9.78. The molecule has 1 aromatic carbocycles. The van der Waals surface area contributed by atoms with Crippen LogP contribution in [0.15, 0.2) is 57.4 Å². The summed E-state index contributed by atoms with van der Waals surface area (Å²) in [4.78, 5) is 18.8. The van der Waals surface area contributed by atoms with Gasteiger partial charge in [0.15, 0.2) is 33.6 Å². The molecule has 0 amide bonds. The van der Waals surface area contributed by atoms with E-state index in [1.807, 2.05) is 30.3 Å². The zero-order chi connectivity index (χ0) is 23.0. The van der Waals surface area contributed by atoms with Gasteiger partial charge in [-0.25, -0.2) is 15.0 Å². The van der Waals surface area contributed by atoms with Gasteiger partial charge in [0, 0.05) is 28.7 Å². The first-order chi connectivity index (χ1) is 15.9. The van der Waals surface area contributed by atoms with Crippen molar-refractivity contribution in [1.82, 2.24) is 29.8 Å². The molecule has 4 heterocycles. The normalized spacial score (nSPS) is 13.1. The summed E-state index contributed by atoms with van der Waals surface area (Å²) in [5.41, 5.74) is 8.07. The molecule has 0 spiro atoms. The maximum Gasteiger partial charge on any atom is 0.231 e. The number of fused-ring (bicyclic) bond motifs is 2. The molecule has 1 aliphatic rings. The number of nitrogen functional groups attached to an aromatic ring is 1. The number of nitrogens with two attached hydrogens (primary N) is 1. The smallest absolute Gasteiger partial charge is 0.231 e. The lowest BCUT2D eigenvalue weighted by Crippen LogP contribution is -2.39. The first-order valence-electron chi connectivity index (χ1n) is 10.3. The second-order valence-electron chi connectivity index (χ2n) is 7.98. The number of hydrogen-bond donors (Lipinski definition) is 2. The van der Waals surface area contributed by atoms with Crippen LogP contribution in [-0.2, 0) is 12.1 Å². The van der Waals surface area contributed by atoms with Gasteiger partial charge in [0.25, 0.3) is 0 Å². The first kappa shape index (κ1) is 21.9. The van der Waals surface area contributed by atoms with Crippen LogP contribution in [0.1, 0.15) is 19.5 Å². The zero-order valence-corrected chi connectivity index (χ0v) is 20.5. The molecule has 0 saturated carbocycles. The Kier molecular flexibility index (Phi) is 5.85. The number of nitrogens with one attached hydrogen (secondary N) is 1. The van der Waals surface area contributed by atoms with Crippen molar-refractivity contribution in [1.29, 1.82) is 0 Å². The van der Waals surface area contributed by atoms with Crippen LogP contribution in [-0.4, -0.2) is 37.8 Å². The van der Waals surface area contributed by atoms with Gasteiger partial charge in [0.1, 0.15) is 6.33 Å². The summed E-state index contributed by atoms with van der Waals surface area (Å²) in [5.74, 6) is 1.78. The molecule has 0 radical (unpaired) electrons. The van der Waals surface area contributed by atoms with Gasteiger partial charge < -0.3 is 25.1 Å². The number of halogens is 1. The molecule has 11 heteroatoms. The third-order valence-electron chi connectivity index (χ3n) is 5.36. The summed E-state index contributed by atoms with van der Waals surface area (Å²) >= 11 is 5.13. The SMILES string of the molecule is CC(C)(NCCn1c(Sc2cc3c(cc2Br)OCO3)nc2c(N)ncnc21)c1ccccn1. The van der Waals surface area contributed by atoms with Crippen molar-refractivity contribution >= 4 is 44.7 Å². The van der Waals surface area contributed by atoms with Crippen LogP contribution in [0, 0.1) is 0 Å². The number of hydrogen-bond acceptors (Lipinski definition) is 9. The van der Waals surface area contributed by atoms with E-state index in [4.69, 9.17) is 20.2 Å². The minimum Gasteiger partial charge on any atom is -0.454 e. The molecule has 0 fully saturated rings. The fourth-order valence-electron chi connectivity index (χ4n) is 3.59. The number of anilines is 1. The highest BCUT2D eigenvalue weighted by molar-refractivity contribution is 9.10. The monoisotopic (exact) mass is 527 g/mol. The van der Waals surface area contributed by atoms with Gasteiger partial charge >= 0.3 is 0 Å². The van der Waals surface area contributed by atoms with Crippen molar-refractivity contribution in [2.24, 2.45) is 0 Å². The van der Waals surface area contributed by atoms with E-state index < -0.39 is 0 Å². The van der Waals surface area contributed by atoms with E-state index in [1.54, 1.807) is 6.20 Å². The highest BCUT2D eigenvalue weighted by atomic mass is 79.9. The molecular formula is C22H22BrN7O2S. The van der Waals surface area contributed by atoms with Gasteiger partial charge in [-0.05, 0) is 54.0 Å². The van der Waals surface area contributed by atoms with E-state index in [-0.39, 0.29) is 12.3 Å². The fraction of sp³-hybridized carbons (Fsp3) is 0.273. The lowest BCUT2D eigenvalue weighted by Gasteiger charge is -2.26. The molecule has 170 valence electrons. The maximum absolute atomic E-state index is 6.10. The van der Waals surface area contributed by atoms with Crippen molar-refractivity contribution in [2.45, 2.75) is 36.0 Å². The minimum absolute atomic E-state index is 0.220. The fourth-order valence-corrected chi connectivity index (χ4v) is 5.10. The minimum atomic E-state index is -0.292. The van der Waals surface area contributed by atoms with Crippen LogP contribution in [0.25, 0.3) is 11.2 Å². The van der Waals surface area contributed by atoms with E-state index in [0.717, 1.165) is 26.0 Å². The summed E-state index contributed by atoms with van der Waals surface area (Å²) < 4.78 is 14.0. The molecule has 0 aliphatic carbocycles. The average Bonchev–Trinajstić information content (AvgIpc) is 3.40. The van der Waals surface area contributed by atoms with E-state index >= 15 is 0 Å². The van der Waals surface area contributed by atoms with Gasteiger partial charge in [-0.3, -0.25) is 4.98 Å². The van der Waals surface area contributed by atoms with Crippen molar-refractivity contribution in [2.75, 3.05) is 19.1 Å². The van der Waals surface area contributed by atoms with Crippen molar-refractivity contribution in [3.63, 3.8) is 0 Å². The number of ether oxygens (including phenoxy) is 2. The zero-order valence-electron chi connectivity index (χ0n) is 18.1. The summed E-state index contributed by atoms with van der Waals surface area (Å²) in [5, 5.41) is 4.35. The molecular weight excluding hydrogens is 506 g/mol. The largest absolute Gasteiger partial charge is 0.454 e. The summed E-state index contributed by atoms with van der Waals surface area (Å²) in [6.07, 6.45) is 3.27. The first-order valence-corrected chi connectivity index (χ1v) is 11.9. The lowest BCUT2D eigenvalue weighted by molar-refractivity contribution is 0.174. The number of benzene rings is 1. The van der Waals surface area contributed by atoms with Crippen LogP contribution in [0.3, 0.4) is 0 Å². The van der Waals surface area contributed by atoms with Crippen LogP contribution < -0.4 is 20.5 Å². The topological polar surface area (TPSA) is 113 Å². The Hall–Kier alpha value is -2.89. The lowest BCUT2D eigenvalue weighted by atomic mass is 10.00. The van der Waals surface area contributed by atoms with Gasteiger partial charge in [0.2, 0.25) is 6.79 Å². The Balaban J connectivity index is 1.43. The van der Waals surface area contributed by atoms with Crippen LogP contribution >= 0.6 is 27.7 Å². The van der Waals surface area contributed by atoms with Gasteiger partial charge in [0.05, 0.1) is 11.2 Å². The van der Waals surface area contributed by atoms with Crippen LogP contribution in [0.5, 0.6) is 11.5 Å². The van der Waals surface area contributed by atoms with Crippen LogP contribution in [0.4, 0.5) is 5.82 Å². The second kappa shape index (κ2) is 8.81. The van der Waals surface area contributed by atoms with Gasteiger partial charge in [-0.15, -0.1) is 0 Å². The molecule has 1 aliphatic heterocycles. The number of aromatic nitrogens is 5. The Morgan fingerprint density at radius 2 is 2.00 bits per heavy atom. The molecule has 5 rings (SSSR count). The molecule has 3 N–H and O–H groups in total. The third-order valence-corrected chi connectivity index (χ3v) is 7.33. The van der Waals surface area contributed by atoms with E-state index in [1.165, 1.54) is 18.1 Å². The molecule has 0 atom stereocenters. The molecule has 0 saturated heterocycles. The Morgan fingerprint density at radius 1 is 1.18 bits per heavy atom. The molecule has 3 aromatic heterocycles. The summed E-state index contributed by atoms with van der Waals surface area (Å²) in [7, 11) is 0.